The zero-order valence-electron chi connectivity index (χ0n) is 29.1. The highest BCUT2D eigenvalue weighted by Crippen LogP contribution is 2.32. The van der Waals surface area contributed by atoms with E-state index in [1.165, 1.54) is 23.1 Å². The molecule has 2 aromatic carbocycles. The third kappa shape index (κ3) is 7.26. The number of hydrogen-bond donors (Lipinski definition) is 3. The number of ether oxygens (including phenoxy) is 2. The third-order valence-electron chi connectivity index (χ3n) is 9.13. The Hall–Kier alpha value is -6.11. The Bertz CT molecular complexity index is 2240. The largest absolute Gasteiger partial charge is 0.377 e. The number of nitrogens with one attached hydrogen (secondary N) is 3. The summed E-state index contributed by atoms with van der Waals surface area (Å²) in [5.41, 5.74) is 3.16. The van der Waals surface area contributed by atoms with Gasteiger partial charge in [-0.3, -0.25) is 43.9 Å². The molecule has 3 aliphatic heterocycles. The second-order valence-corrected chi connectivity index (χ2v) is 13.0. The van der Waals surface area contributed by atoms with Crippen LogP contribution in [0.1, 0.15) is 51.7 Å². The van der Waals surface area contributed by atoms with Gasteiger partial charge in [-0.25, -0.2) is 4.68 Å². The first-order chi connectivity index (χ1) is 26.1. The van der Waals surface area contributed by atoms with Crippen molar-refractivity contribution in [3.63, 3.8) is 0 Å². The van der Waals surface area contributed by atoms with Crippen LogP contribution in [0.3, 0.4) is 0 Å². The highest BCUT2D eigenvalue weighted by atomic mass is 32.1. The lowest BCUT2D eigenvalue weighted by molar-refractivity contribution is -0.136. The van der Waals surface area contributed by atoms with Crippen LogP contribution < -0.4 is 16.0 Å². The maximum absolute atomic E-state index is 13.2. The number of nitrogens with zero attached hydrogens (tertiary/aromatic N) is 6. The van der Waals surface area contributed by atoms with Gasteiger partial charge in [0.05, 0.1) is 55.9 Å². The van der Waals surface area contributed by atoms with E-state index in [0.29, 0.717) is 37.1 Å². The number of likely N-dealkylation sites (N-methyl/N-ethyl adjacent to an activating group) is 1. The number of fused-ring (bicyclic) bond motifs is 2. The zero-order valence-corrected chi connectivity index (χ0v) is 29.9. The van der Waals surface area contributed by atoms with Gasteiger partial charge in [-0.05, 0) is 49.8 Å². The average molecular weight is 754 g/mol. The quantitative estimate of drug-likeness (QED) is 0.0726. The molecule has 18 heteroatoms. The van der Waals surface area contributed by atoms with Crippen molar-refractivity contribution in [2.45, 2.75) is 38.9 Å². The fourth-order valence-corrected chi connectivity index (χ4v) is 6.90. The lowest BCUT2D eigenvalue weighted by Gasteiger charge is -2.27. The van der Waals surface area contributed by atoms with Gasteiger partial charge in [0, 0.05) is 35.6 Å². The van der Waals surface area contributed by atoms with Gasteiger partial charge >= 0.3 is 0 Å². The smallest absolute Gasteiger partial charge is 0.276 e. The van der Waals surface area contributed by atoms with E-state index in [0.717, 1.165) is 27.1 Å². The molecule has 2 aromatic heterocycles. The van der Waals surface area contributed by atoms with Crippen molar-refractivity contribution in [1.29, 1.82) is 0 Å². The molecule has 0 bridgehead atoms. The van der Waals surface area contributed by atoms with Gasteiger partial charge in [0.25, 0.3) is 17.7 Å². The van der Waals surface area contributed by atoms with E-state index >= 15 is 0 Å². The Labute approximate surface area is 313 Å². The van der Waals surface area contributed by atoms with E-state index in [2.05, 4.69) is 26.3 Å². The van der Waals surface area contributed by atoms with Crippen LogP contribution in [0.4, 0.5) is 5.69 Å². The van der Waals surface area contributed by atoms with Gasteiger partial charge in [0.1, 0.15) is 24.0 Å². The van der Waals surface area contributed by atoms with Crippen LogP contribution in [0.2, 0.25) is 0 Å². The first-order valence-electron chi connectivity index (χ1n) is 17.2. The van der Waals surface area contributed by atoms with Crippen molar-refractivity contribution in [2.24, 2.45) is 0 Å². The Morgan fingerprint density at radius 3 is 2.59 bits per heavy atom. The summed E-state index contributed by atoms with van der Waals surface area (Å²) in [6.45, 7) is 3.55. The molecule has 7 rings (SSSR count). The van der Waals surface area contributed by atoms with Crippen LogP contribution in [0.15, 0.2) is 60.6 Å². The summed E-state index contributed by atoms with van der Waals surface area (Å²) in [5, 5.41) is 17.7. The molecule has 0 spiro atoms. The molecule has 0 aliphatic carbocycles. The molecule has 6 amide bonds. The number of hydrogen-bond acceptors (Lipinski definition) is 11. The summed E-state index contributed by atoms with van der Waals surface area (Å²) in [4.78, 5) is 77.9. The van der Waals surface area contributed by atoms with Gasteiger partial charge in [-0.1, -0.05) is 29.5 Å². The van der Waals surface area contributed by atoms with Crippen LogP contribution >= 0.6 is 12.2 Å². The minimum absolute atomic E-state index is 0.00235. The standard InChI is InChI=1S/C36H35N9O8S/c1-2-44-34(50)26(38-36(44)54)16-21-17-42(27-9-4-3-6-23(21)27)18-22-19-43(41-40-22)12-13-52-14-15-53-20-30(47)37-25-8-5-7-24-31(25)35(51)45(33(24)49)28-10-11-29(46)39-32(28)48/h3-9,16-17,19,28H,2,10-15,18,20H2,1H3,(H,37,47)(H,38,54)(H,39,46,48)/b26-16-. The van der Waals surface area contributed by atoms with E-state index in [1.54, 1.807) is 4.68 Å². The second-order valence-electron chi connectivity index (χ2n) is 12.6. The lowest BCUT2D eigenvalue weighted by atomic mass is 10.0. The molecule has 1 unspecified atom stereocenters. The summed E-state index contributed by atoms with van der Waals surface area (Å²) in [6, 6.07) is 11.2. The Balaban J connectivity index is 0.856. The molecule has 3 aliphatic rings. The number of carbonyl (C=O) groups is 6. The zero-order chi connectivity index (χ0) is 37.9. The third-order valence-corrected chi connectivity index (χ3v) is 9.45. The number of benzene rings is 2. The first-order valence-corrected chi connectivity index (χ1v) is 17.6. The summed E-state index contributed by atoms with van der Waals surface area (Å²) >= 11 is 5.29. The van der Waals surface area contributed by atoms with Crippen molar-refractivity contribution in [1.82, 2.24) is 40.0 Å². The van der Waals surface area contributed by atoms with Crippen LogP contribution in [-0.4, -0.2) is 109 Å². The van der Waals surface area contributed by atoms with Gasteiger partial charge in [0.15, 0.2) is 5.11 Å². The number of imide groups is 2. The molecule has 2 fully saturated rings. The highest BCUT2D eigenvalue weighted by Gasteiger charge is 2.45. The monoisotopic (exact) mass is 753 g/mol. The average Bonchev–Trinajstić information content (AvgIpc) is 3.88. The molecule has 3 N–H and O–H groups in total. The molecular formula is C36H35N9O8S. The fourth-order valence-electron chi connectivity index (χ4n) is 6.58. The topological polar surface area (TPSA) is 199 Å². The van der Waals surface area contributed by atoms with Gasteiger partial charge in [-0.15, -0.1) is 5.10 Å². The fraction of sp³-hybridized carbons (Fsp3) is 0.306. The van der Waals surface area contributed by atoms with Crippen molar-refractivity contribution in [3.05, 3.63) is 82.9 Å². The molecular weight excluding hydrogens is 719 g/mol. The minimum Gasteiger partial charge on any atom is -0.377 e. The van der Waals surface area contributed by atoms with E-state index in [9.17, 15) is 28.8 Å². The SMILES string of the molecule is CCN1C(=O)/C(=C/c2cn(Cc3cn(CCOCCOCC(=O)Nc4cccc5c4C(=O)N(C4CCC(=O)NC4=O)C5=O)nn3)c3ccccc23)NC1=S. The van der Waals surface area contributed by atoms with Crippen LogP contribution in [0.25, 0.3) is 17.0 Å². The molecule has 4 aromatic rings. The van der Waals surface area contributed by atoms with E-state index in [4.69, 9.17) is 21.7 Å². The predicted octanol–water partition coefficient (Wildman–Crippen LogP) is 1.43. The molecule has 5 heterocycles. The lowest BCUT2D eigenvalue weighted by Crippen LogP contribution is -2.54. The highest BCUT2D eigenvalue weighted by molar-refractivity contribution is 7.80. The number of para-hydroxylation sites is 1. The van der Waals surface area contributed by atoms with Crippen LogP contribution in [0, 0.1) is 0 Å². The molecule has 278 valence electrons. The normalized spacial score (nSPS) is 17.9. The van der Waals surface area contributed by atoms with Gasteiger partial charge < -0.3 is 24.7 Å². The number of piperidine rings is 1. The Morgan fingerprint density at radius 2 is 1.80 bits per heavy atom. The van der Waals surface area contributed by atoms with Crippen molar-refractivity contribution >= 4 is 75.4 Å². The summed E-state index contributed by atoms with van der Waals surface area (Å²) in [6.07, 6.45) is 5.64. The van der Waals surface area contributed by atoms with Crippen LogP contribution in [-0.2, 0) is 41.7 Å². The predicted molar refractivity (Wildman–Crippen MR) is 196 cm³/mol. The van der Waals surface area contributed by atoms with E-state index < -0.39 is 35.6 Å². The summed E-state index contributed by atoms with van der Waals surface area (Å²) < 4.78 is 14.8. The molecule has 2 saturated heterocycles. The number of anilines is 1. The summed E-state index contributed by atoms with van der Waals surface area (Å²) in [7, 11) is 0. The van der Waals surface area contributed by atoms with E-state index in [1.807, 2.05) is 54.2 Å². The minimum atomic E-state index is -1.11. The van der Waals surface area contributed by atoms with Gasteiger partial charge in [0.2, 0.25) is 17.7 Å². The maximum atomic E-state index is 13.2. The number of amides is 6. The summed E-state index contributed by atoms with van der Waals surface area (Å²) in [5.74, 6) is -3.28. The van der Waals surface area contributed by atoms with Crippen molar-refractivity contribution < 1.29 is 38.2 Å². The second kappa shape index (κ2) is 15.5. The molecule has 0 radical (unpaired) electrons. The van der Waals surface area contributed by atoms with Gasteiger partial charge in [-0.2, -0.15) is 0 Å². The number of thiocarbonyl (C=S) groups is 1. The molecule has 0 saturated carbocycles. The van der Waals surface area contributed by atoms with Crippen LogP contribution in [0.5, 0.6) is 0 Å². The molecule has 54 heavy (non-hydrogen) atoms. The Kier molecular flexibility index (Phi) is 10.4. The number of carbonyl (C=O) groups excluding carboxylic acids is 6. The molecule has 1 atom stereocenters. The number of aromatic nitrogens is 4. The Morgan fingerprint density at radius 1 is 0.981 bits per heavy atom. The number of rotatable bonds is 14. The van der Waals surface area contributed by atoms with Crippen molar-refractivity contribution in [3.8, 4) is 0 Å². The van der Waals surface area contributed by atoms with Crippen molar-refractivity contribution in [2.75, 3.05) is 38.3 Å². The maximum Gasteiger partial charge on any atom is 0.276 e. The molecule has 17 nitrogen and oxygen atoms in total. The van der Waals surface area contributed by atoms with E-state index in [-0.39, 0.29) is 55.4 Å². The first kappa shape index (κ1) is 36.3.